The van der Waals surface area contributed by atoms with Crippen molar-refractivity contribution in [1.82, 2.24) is 0 Å². The number of allylic oxidation sites excluding steroid dienone is 1. The highest BCUT2D eigenvalue weighted by Gasteiger charge is 2.13. The maximum absolute atomic E-state index is 14.6. The molecule has 6 heteroatoms. The normalized spacial score (nSPS) is 12.1. The lowest BCUT2D eigenvalue weighted by atomic mass is 9.99. The van der Waals surface area contributed by atoms with Crippen LogP contribution in [0.3, 0.4) is 0 Å². The van der Waals surface area contributed by atoms with Gasteiger partial charge in [-0.2, -0.15) is 0 Å². The van der Waals surface area contributed by atoms with Crippen molar-refractivity contribution in [3.05, 3.63) is 99.6 Å². The standard InChI is InChI=1S/C27H24ClF5/c1-2-3-4-5-22(29)27(33)19-11-8-17(9-12-19)6-7-18-10-13-21(23(30)14-18)20-15-24(31)26(28)25(32)16-20/h8-16H,2-7H2,1H3. The molecule has 0 radical (unpaired) electrons. The summed E-state index contributed by atoms with van der Waals surface area (Å²) in [4.78, 5) is 0. The summed E-state index contributed by atoms with van der Waals surface area (Å²) >= 11 is 5.48. The van der Waals surface area contributed by atoms with Gasteiger partial charge in [0.25, 0.3) is 0 Å². The first-order chi connectivity index (χ1) is 15.8. The van der Waals surface area contributed by atoms with Crippen molar-refractivity contribution in [2.24, 2.45) is 0 Å². The fraction of sp³-hybridized carbons (Fsp3) is 0.259. The molecule has 0 unspecified atom stereocenters. The number of hydrogen-bond acceptors (Lipinski definition) is 0. The average Bonchev–Trinajstić information content (AvgIpc) is 2.81. The van der Waals surface area contributed by atoms with E-state index < -0.39 is 34.1 Å². The van der Waals surface area contributed by atoms with Gasteiger partial charge in [0.05, 0.1) is 0 Å². The van der Waals surface area contributed by atoms with Gasteiger partial charge in [-0.15, -0.1) is 0 Å². The minimum Gasteiger partial charge on any atom is -0.209 e. The number of hydrogen-bond donors (Lipinski definition) is 0. The topological polar surface area (TPSA) is 0 Å². The molecule has 0 heterocycles. The van der Waals surface area contributed by atoms with E-state index in [9.17, 15) is 22.0 Å². The molecule has 0 amide bonds. The van der Waals surface area contributed by atoms with Crippen molar-refractivity contribution < 1.29 is 22.0 Å². The molecule has 174 valence electrons. The predicted octanol–water partition coefficient (Wildman–Crippen LogP) is 9.40. The van der Waals surface area contributed by atoms with E-state index in [1.807, 2.05) is 6.92 Å². The summed E-state index contributed by atoms with van der Waals surface area (Å²) < 4.78 is 70.2. The van der Waals surface area contributed by atoms with Crippen molar-refractivity contribution in [2.75, 3.05) is 0 Å². The molecule has 0 nitrogen and oxygen atoms in total. The minimum absolute atomic E-state index is 0.0612. The summed E-state index contributed by atoms with van der Waals surface area (Å²) in [6.45, 7) is 2.00. The summed E-state index contributed by atoms with van der Waals surface area (Å²) in [7, 11) is 0. The highest BCUT2D eigenvalue weighted by Crippen LogP contribution is 2.30. The second kappa shape index (κ2) is 11.5. The summed E-state index contributed by atoms with van der Waals surface area (Å²) in [6.07, 6.45) is 3.57. The molecule has 0 aromatic heterocycles. The predicted molar refractivity (Wildman–Crippen MR) is 124 cm³/mol. The first kappa shape index (κ1) is 25.0. The van der Waals surface area contributed by atoms with Gasteiger partial charge in [-0.05, 0) is 54.2 Å². The lowest BCUT2D eigenvalue weighted by Crippen LogP contribution is -1.95. The maximum Gasteiger partial charge on any atom is 0.161 e. The first-order valence-electron chi connectivity index (χ1n) is 10.9. The Bertz CT molecular complexity index is 1110. The van der Waals surface area contributed by atoms with Crippen molar-refractivity contribution in [2.45, 2.75) is 45.4 Å². The van der Waals surface area contributed by atoms with Gasteiger partial charge in [-0.3, -0.25) is 0 Å². The van der Waals surface area contributed by atoms with Crippen LogP contribution >= 0.6 is 11.6 Å². The van der Waals surface area contributed by atoms with Crippen LogP contribution in [0.25, 0.3) is 17.0 Å². The molecule has 0 saturated heterocycles. The van der Waals surface area contributed by atoms with Gasteiger partial charge < -0.3 is 0 Å². The van der Waals surface area contributed by atoms with E-state index in [0.29, 0.717) is 24.8 Å². The maximum atomic E-state index is 14.6. The molecule has 3 aromatic rings. The molecule has 0 aliphatic heterocycles. The molecule has 0 saturated carbocycles. The Kier molecular flexibility index (Phi) is 8.67. The fourth-order valence-electron chi connectivity index (χ4n) is 3.56. The van der Waals surface area contributed by atoms with Crippen LogP contribution in [0.5, 0.6) is 0 Å². The van der Waals surface area contributed by atoms with Crippen molar-refractivity contribution in [3.8, 4) is 11.1 Å². The van der Waals surface area contributed by atoms with Crippen LogP contribution in [0, 0.1) is 17.5 Å². The Morgan fingerprint density at radius 3 is 1.97 bits per heavy atom. The van der Waals surface area contributed by atoms with Crippen LogP contribution in [0.1, 0.15) is 49.3 Å². The van der Waals surface area contributed by atoms with Gasteiger partial charge in [0.15, 0.2) is 5.83 Å². The molecule has 3 aromatic carbocycles. The van der Waals surface area contributed by atoms with Crippen LogP contribution in [0.4, 0.5) is 22.0 Å². The number of aryl methyl sites for hydroxylation is 2. The van der Waals surface area contributed by atoms with Crippen LogP contribution in [-0.2, 0) is 12.8 Å². The van der Waals surface area contributed by atoms with Crippen LogP contribution < -0.4 is 0 Å². The van der Waals surface area contributed by atoms with Gasteiger partial charge in [-0.1, -0.05) is 67.8 Å². The average molecular weight is 479 g/mol. The molecule has 3 rings (SSSR count). The molecular weight excluding hydrogens is 455 g/mol. The monoisotopic (exact) mass is 478 g/mol. The van der Waals surface area contributed by atoms with Gasteiger partial charge in [-0.25, -0.2) is 22.0 Å². The zero-order valence-electron chi connectivity index (χ0n) is 18.2. The molecule has 0 aliphatic rings. The third kappa shape index (κ3) is 6.44. The smallest absolute Gasteiger partial charge is 0.161 e. The van der Waals surface area contributed by atoms with Gasteiger partial charge >= 0.3 is 0 Å². The Hall–Kier alpha value is -2.66. The molecule has 0 atom stereocenters. The van der Waals surface area contributed by atoms with Crippen LogP contribution in [0.2, 0.25) is 5.02 Å². The van der Waals surface area contributed by atoms with E-state index in [4.69, 9.17) is 11.6 Å². The third-order valence-electron chi connectivity index (χ3n) is 5.48. The molecule has 33 heavy (non-hydrogen) atoms. The highest BCUT2D eigenvalue weighted by atomic mass is 35.5. The first-order valence-corrected chi connectivity index (χ1v) is 11.2. The third-order valence-corrected chi connectivity index (χ3v) is 5.84. The van der Waals surface area contributed by atoms with Gasteiger partial charge in [0.1, 0.15) is 28.3 Å². The minimum atomic E-state index is -0.953. The summed E-state index contributed by atoms with van der Waals surface area (Å²) in [5, 5.41) is -0.628. The quantitative estimate of drug-likeness (QED) is 0.163. The van der Waals surface area contributed by atoms with Crippen molar-refractivity contribution in [3.63, 3.8) is 0 Å². The second-order valence-corrected chi connectivity index (χ2v) is 8.32. The number of rotatable bonds is 9. The van der Waals surface area contributed by atoms with Crippen LogP contribution in [0.15, 0.2) is 60.4 Å². The Balaban J connectivity index is 1.66. The Labute approximate surface area is 195 Å². The van der Waals surface area contributed by atoms with E-state index in [1.165, 1.54) is 24.3 Å². The number of halogens is 6. The molecule has 0 aliphatic carbocycles. The highest BCUT2D eigenvalue weighted by molar-refractivity contribution is 6.31. The fourth-order valence-corrected chi connectivity index (χ4v) is 3.67. The molecule has 0 N–H and O–H groups in total. The second-order valence-electron chi connectivity index (χ2n) is 7.94. The van der Waals surface area contributed by atoms with Crippen LogP contribution in [-0.4, -0.2) is 0 Å². The lowest BCUT2D eigenvalue weighted by Gasteiger charge is -2.09. The largest absolute Gasteiger partial charge is 0.209 e. The number of benzene rings is 3. The summed E-state index contributed by atoms with van der Waals surface area (Å²) in [5.74, 6) is -4.07. The molecule has 0 fully saturated rings. The van der Waals surface area contributed by atoms with E-state index in [0.717, 1.165) is 30.5 Å². The lowest BCUT2D eigenvalue weighted by molar-refractivity contribution is 0.541. The number of unbranched alkanes of at least 4 members (excludes halogenated alkanes) is 2. The molecule has 0 bridgehead atoms. The zero-order chi connectivity index (χ0) is 24.0. The van der Waals surface area contributed by atoms with Crippen molar-refractivity contribution in [1.29, 1.82) is 0 Å². The van der Waals surface area contributed by atoms with E-state index in [2.05, 4.69) is 0 Å². The summed E-state index contributed by atoms with van der Waals surface area (Å²) in [5.41, 5.74) is 1.92. The Morgan fingerprint density at radius 1 is 0.758 bits per heavy atom. The van der Waals surface area contributed by atoms with Gasteiger partial charge in [0, 0.05) is 17.5 Å². The van der Waals surface area contributed by atoms with Crippen molar-refractivity contribution >= 4 is 17.4 Å². The van der Waals surface area contributed by atoms with Gasteiger partial charge in [0.2, 0.25) is 0 Å². The Morgan fingerprint density at radius 2 is 1.36 bits per heavy atom. The molecular formula is C27H24ClF5. The van der Waals surface area contributed by atoms with E-state index >= 15 is 0 Å². The zero-order valence-corrected chi connectivity index (χ0v) is 19.0. The SMILES string of the molecule is CCCCCC(F)=C(F)c1ccc(CCc2ccc(-c3cc(F)c(Cl)c(F)c3)c(F)c2)cc1. The van der Waals surface area contributed by atoms with E-state index in [-0.39, 0.29) is 23.1 Å². The van der Waals surface area contributed by atoms with E-state index in [1.54, 1.807) is 18.2 Å². The molecule has 0 spiro atoms. The summed E-state index contributed by atoms with van der Waals surface area (Å²) in [6, 6.07) is 13.0.